The van der Waals surface area contributed by atoms with Gasteiger partial charge in [0.2, 0.25) is 0 Å². The van der Waals surface area contributed by atoms with E-state index in [4.69, 9.17) is 28.4 Å². The minimum Gasteiger partial charge on any atom is -0.316 e. The van der Waals surface area contributed by atoms with E-state index < -0.39 is 0 Å². The van der Waals surface area contributed by atoms with Crippen molar-refractivity contribution in [3.63, 3.8) is 0 Å². The summed E-state index contributed by atoms with van der Waals surface area (Å²) in [6, 6.07) is 5.09. The number of rotatable bonds is 3. The standard InChI is InChI=1S/C9H11Cl2NO/c1-2-9(12-13)7-4-3-6(10)5-8(7)11/h3-5,9,12-13H,2H2,1H3. The molecule has 1 rings (SSSR count). The molecule has 1 aromatic rings. The molecule has 72 valence electrons. The lowest BCUT2D eigenvalue weighted by Crippen LogP contribution is -2.16. The molecule has 0 saturated carbocycles. The minimum absolute atomic E-state index is 0.134. The highest BCUT2D eigenvalue weighted by atomic mass is 35.5. The van der Waals surface area contributed by atoms with Gasteiger partial charge in [0.1, 0.15) is 0 Å². The van der Waals surface area contributed by atoms with Crippen molar-refractivity contribution in [2.75, 3.05) is 0 Å². The molecule has 0 bridgehead atoms. The molecule has 13 heavy (non-hydrogen) atoms. The molecule has 0 spiro atoms. The second kappa shape index (κ2) is 4.82. The quantitative estimate of drug-likeness (QED) is 0.765. The first-order valence-electron chi connectivity index (χ1n) is 4.03. The molecular formula is C9H11Cl2NO. The lowest BCUT2D eigenvalue weighted by Gasteiger charge is -2.14. The van der Waals surface area contributed by atoms with Gasteiger partial charge in [-0.3, -0.25) is 0 Å². The Morgan fingerprint density at radius 1 is 1.46 bits per heavy atom. The van der Waals surface area contributed by atoms with Crippen molar-refractivity contribution in [1.29, 1.82) is 0 Å². The summed E-state index contributed by atoms with van der Waals surface area (Å²) in [5.41, 5.74) is 3.06. The maximum Gasteiger partial charge on any atom is 0.0581 e. The van der Waals surface area contributed by atoms with Gasteiger partial charge in [0, 0.05) is 10.0 Å². The number of hydrogen-bond acceptors (Lipinski definition) is 2. The summed E-state index contributed by atoms with van der Waals surface area (Å²) in [4.78, 5) is 0. The molecule has 1 atom stereocenters. The molecule has 0 aliphatic heterocycles. The van der Waals surface area contributed by atoms with E-state index in [-0.39, 0.29) is 6.04 Å². The molecule has 0 amide bonds. The van der Waals surface area contributed by atoms with Gasteiger partial charge in [-0.2, -0.15) is 5.48 Å². The van der Waals surface area contributed by atoms with Crippen molar-refractivity contribution < 1.29 is 5.21 Å². The summed E-state index contributed by atoms with van der Waals surface area (Å²) < 4.78 is 0. The van der Waals surface area contributed by atoms with Crippen LogP contribution in [0.3, 0.4) is 0 Å². The van der Waals surface area contributed by atoms with Crippen molar-refractivity contribution >= 4 is 23.2 Å². The summed E-state index contributed by atoms with van der Waals surface area (Å²) >= 11 is 11.7. The summed E-state index contributed by atoms with van der Waals surface area (Å²) in [6.07, 6.45) is 0.762. The fraction of sp³-hybridized carbons (Fsp3) is 0.333. The smallest absolute Gasteiger partial charge is 0.0581 e. The van der Waals surface area contributed by atoms with E-state index in [1.54, 1.807) is 12.1 Å². The molecule has 2 nitrogen and oxygen atoms in total. The van der Waals surface area contributed by atoms with E-state index in [2.05, 4.69) is 5.48 Å². The molecule has 1 aromatic carbocycles. The average Bonchev–Trinajstić information content (AvgIpc) is 2.10. The highest BCUT2D eigenvalue weighted by Crippen LogP contribution is 2.27. The Morgan fingerprint density at radius 3 is 2.62 bits per heavy atom. The van der Waals surface area contributed by atoms with Crippen LogP contribution in [0.1, 0.15) is 24.9 Å². The predicted molar refractivity (Wildman–Crippen MR) is 54.4 cm³/mol. The first kappa shape index (κ1) is 10.8. The first-order valence-corrected chi connectivity index (χ1v) is 4.79. The van der Waals surface area contributed by atoms with Crippen LogP contribution < -0.4 is 5.48 Å². The molecule has 2 N–H and O–H groups in total. The van der Waals surface area contributed by atoms with Gasteiger partial charge in [-0.05, 0) is 24.1 Å². The molecule has 4 heteroatoms. The van der Waals surface area contributed by atoms with Crippen LogP contribution in [0.2, 0.25) is 10.0 Å². The van der Waals surface area contributed by atoms with Crippen LogP contribution in [0.25, 0.3) is 0 Å². The van der Waals surface area contributed by atoms with Crippen LogP contribution in [0, 0.1) is 0 Å². The van der Waals surface area contributed by atoms with Crippen molar-refractivity contribution in [2.45, 2.75) is 19.4 Å². The van der Waals surface area contributed by atoms with Crippen LogP contribution in [0.4, 0.5) is 0 Å². The fourth-order valence-corrected chi connectivity index (χ4v) is 1.71. The van der Waals surface area contributed by atoms with Crippen LogP contribution in [0.5, 0.6) is 0 Å². The molecule has 0 aliphatic rings. The highest BCUT2D eigenvalue weighted by Gasteiger charge is 2.11. The van der Waals surface area contributed by atoms with Gasteiger partial charge in [0.05, 0.1) is 6.04 Å². The molecular weight excluding hydrogens is 209 g/mol. The Hall–Kier alpha value is -0.280. The molecule has 0 heterocycles. The molecule has 0 radical (unpaired) electrons. The fourth-order valence-electron chi connectivity index (χ4n) is 1.16. The zero-order chi connectivity index (χ0) is 9.84. The largest absolute Gasteiger partial charge is 0.316 e. The lowest BCUT2D eigenvalue weighted by molar-refractivity contribution is 0.124. The molecule has 0 saturated heterocycles. The third kappa shape index (κ3) is 2.58. The second-order valence-corrected chi connectivity index (χ2v) is 3.60. The zero-order valence-corrected chi connectivity index (χ0v) is 8.73. The third-order valence-corrected chi connectivity index (χ3v) is 2.46. The van der Waals surface area contributed by atoms with Crippen LogP contribution in [-0.2, 0) is 0 Å². The molecule has 0 aromatic heterocycles. The SMILES string of the molecule is CCC(NO)c1ccc(Cl)cc1Cl. The van der Waals surface area contributed by atoms with Gasteiger partial charge in [0.25, 0.3) is 0 Å². The van der Waals surface area contributed by atoms with Crippen molar-refractivity contribution in [2.24, 2.45) is 0 Å². The Kier molecular flexibility index (Phi) is 4.00. The predicted octanol–water partition coefficient (Wildman–Crippen LogP) is 3.42. The van der Waals surface area contributed by atoms with Gasteiger partial charge in [-0.1, -0.05) is 36.2 Å². The first-order chi connectivity index (χ1) is 6.19. The Bertz CT molecular complexity index is 287. The molecule has 1 unspecified atom stereocenters. The van der Waals surface area contributed by atoms with Gasteiger partial charge in [-0.15, -0.1) is 0 Å². The lowest BCUT2D eigenvalue weighted by atomic mass is 10.1. The number of hydrogen-bond donors (Lipinski definition) is 2. The molecule has 0 fully saturated rings. The Labute approximate surface area is 87.4 Å². The van der Waals surface area contributed by atoms with Crippen molar-refractivity contribution in [1.82, 2.24) is 5.48 Å². The van der Waals surface area contributed by atoms with Gasteiger partial charge >= 0.3 is 0 Å². The Morgan fingerprint density at radius 2 is 2.15 bits per heavy atom. The molecule has 0 aliphatic carbocycles. The average molecular weight is 220 g/mol. The van der Waals surface area contributed by atoms with E-state index in [1.807, 2.05) is 13.0 Å². The maximum atomic E-state index is 8.83. The second-order valence-electron chi connectivity index (χ2n) is 2.76. The van der Waals surface area contributed by atoms with Crippen LogP contribution >= 0.6 is 23.2 Å². The zero-order valence-electron chi connectivity index (χ0n) is 7.22. The maximum absolute atomic E-state index is 8.83. The Balaban J connectivity index is 2.99. The highest BCUT2D eigenvalue weighted by molar-refractivity contribution is 6.35. The van der Waals surface area contributed by atoms with E-state index in [0.29, 0.717) is 10.0 Å². The third-order valence-electron chi connectivity index (χ3n) is 1.90. The summed E-state index contributed by atoms with van der Waals surface area (Å²) in [5, 5.41) is 10.0. The normalized spacial score (nSPS) is 12.9. The van der Waals surface area contributed by atoms with E-state index in [0.717, 1.165) is 12.0 Å². The summed E-state index contributed by atoms with van der Waals surface area (Å²) in [7, 11) is 0. The topological polar surface area (TPSA) is 32.3 Å². The number of benzene rings is 1. The minimum atomic E-state index is -0.134. The van der Waals surface area contributed by atoms with E-state index in [1.165, 1.54) is 0 Å². The van der Waals surface area contributed by atoms with Crippen LogP contribution in [0.15, 0.2) is 18.2 Å². The van der Waals surface area contributed by atoms with Crippen molar-refractivity contribution in [3.8, 4) is 0 Å². The number of halogens is 2. The van der Waals surface area contributed by atoms with E-state index in [9.17, 15) is 0 Å². The van der Waals surface area contributed by atoms with Gasteiger partial charge in [0.15, 0.2) is 0 Å². The van der Waals surface area contributed by atoms with Gasteiger partial charge < -0.3 is 5.21 Å². The van der Waals surface area contributed by atoms with Crippen LogP contribution in [-0.4, -0.2) is 5.21 Å². The monoisotopic (exact) mass is 219 g/mol. The number of hydroxylamine groups is 1. The summed E-state index contributed by atoms with van der Waals surface area (Å²) in [5.74, 6) is 0. The van der Waals surface area contributed by atoms with Gasteiger partial charge in [-0.25, -0.2) is 0 Å². The summed E-state index contributed by atoms with van der Waals surface area (Å²) in [6.45, 7) is 1.96. The van der Waals surface area contributed by atoms with E-state index >= 15 is 0 Å². The number of nitrogens with one attached hydrogen (secondary N) is 1. The van der Waals surface area contributed by atoms with Crippen molar-refractivity contribution in [3.05, 3.63) is 33.8 Å².